The number of benzene rings is 2. The first kappa shape index (κ1) is 24.2. The van der Waals surface area contributed by atoms with Gasteiger partial charge in [0.2, 0.25) is 15.9 Å². The maximum Gasteiger partial charge on any atom is 0.242 e. The molecular weight excluding hydrogens is 456 g/mol. The van der Waals surface area contributed by atoms with Gasteiger partial charge in [0.05, 0.1) is 10.9 Å². The van der Waals surface area contributed by atoms with Gasteiger partial charge in [-0.2, -0.15) is 0 Å². The summed E-state index contributed by atoms with van der Waals surface area (Å²) in [6, 6.07) is 11.7. The Bertz CT molecular complexity index is 1160. The first-order valence-corrected chi connectivity index (χ1v) is 13.0. The molecule has 9 heteroatoms. The topological polar surface area (TPSA) is 93.2 Å². The van der Waals surface area contributed by atoms with Gasteiger partial charge in [-0.25, -0.2) is 12.7 Å². The number of likely N-dealkylation sites (tertiary alicyclic amines) is 1. The van der Waals surface area contributed by atoms with Crippen molar-refractivity contribution in [3.63, 3.8) is 0 Å². The van der Waals surface area contributed by atoms with Gasteiger partial charge in [-0.1, -0.05) is 18.2 Å². The molecule has 1 atom stereocenters. The molecule has 2 heterocycles. The number of Topliss-reactive ketones (excluding diaryl/α,β-unsaturated/α-hetero) is 1. The van der Waals surface area contributed by atoms with E-state index in [9.17, 15) is 18.0 Å². The second kappa shape index (κ2) is 10.1. The Hall–Kier alpha value is -2.91. The van der Waals surface area contributed by atoms with Crippen molar-refractivity contribution in [2.45, 2.75) is 43.5 Å². The highest BCUT2D eigenvalue weighted by atomic mass is 32.2. The van der Waals surface area contributed by atoms with E-state index in [2.05, 4.69) is 0 Å². The fourth-order valence-corrected chi connectivity index (χ4v) is 5.65. The summed E-state index contributed by atoms with van der Waals surface area (Å²) in [6.07, 6.45) is 2.50. The Balaban J connectivity index is 1.34. The Morgan fingerprint density at radius 2 is 1.76 bits per heavy atom. The molecule has 1 saturated heterocycles. The van der Waals surface area contributed by atoms with Crippen LogP contribution in [0.5, 0.6) is 11.5 Å². The molecule has 1 unspecified atom stereocenters. The summed E-state index contributed by atoms with van der Waals surface area (Å²) in [5.74, 6) is 1.35. The fraction of sp³-hybridized carbons (Fsp3) is 0.440. The van der Waals surface area contributed by atoms with Crippen LogP contribution >= 0.6 is 0 Å². The Labute approximate surface area is 200 Å². The first-order valence-electron chi connectivity index (χ1n) is 11.5. The van der Waals surface area contributed by atoms with E-state index in [4.69, 9.17) is 9.47 Å². The minimum Gasteiger partial charge on any atom is -0.486 e. The maximum atomic E-state index is 13.0. The van der Waals surface area contributed by atoms with Crippen LogP contribution < -0.4 is 9.47 Å². The maximum absolute atomic E-state index is 13.0. The fourth-order valence-electron chi connectivity index (χ4n) is 4.44. The van der Waals surface area contributed by atoms with Crippen LogP contribution in [0.25, 0.3) is 0 Å². The van der Waals surface area contributed by atoms with Crippen molar-refractivity contribution in [3.8, 4) is 11.5 Å². The van der Waals surface area contributed by atoms with Gasteiger partial charge < -0.3 is 14.4 Å². The van der Waals surface area contributed by atoms with E-state index in [0.717, 1.165) is 24.2 Å². The van der Waals surface area contributed by atoms with Crippen molar-refractivity contribution >= 4 is 21.7 Å². The third-order valence-electron chi connectivity index (χ3n) is 6.36. The predicted molar refractivity (Wildman–Crippen MR) is 127 cm³/mol. The van der Waals surface area contributed by atoms with Gasteiger partial charge in [-0.3, -0.25) is 9.59 Å². The van der Waals surface area contributed by atoms with Gasteiger partial charge in [0.15, 0.2) is 17.3 Å². The van der Waals surface area contributed by atoms with Crippen LogP contribution in [-0.2, 0) is 14.8 Å². The highest BCUT2D eigenvalue weighted by Crippen LogP contribution is 2.38. The third kappa shape index (κ3) is 5.10. The average Bonchev–Trinajstić information content (AvgIpc) is 3.34. The summed E-state index contributed by atoms with van der Waals surface area (Å²) in [4.78, 5) is 26.4. The second-order valence-electron chi connectivity index (χ2n) is 8.66. The van der Waals surface area contributed by atoms with Crippen molar-refractivity contribution in [1.29, 1.82) is 0 Å². The van der Waals surface area contributed by atoms with Crippen molar-refractivity contribution in [2.24, 2.45) is 0 Å². The van der Waals surface area contributed by atoms with Gasteiger partial charge >= 0.3 is 0 Å². The molecule has 2 aliphatic rings. The van der Waals surface area contributed by atoms with Gasteiger partial charge in [0.25, 0.3) is 0 Å². The van der Waals surface area contributed by atoms with E-state index in [1.165, 1.54) is 42.5 Å². The average molecular weight is 487 g/mol. The predicted octanol–water partition coefficient (Wildman–Crippen LogP) is 3.42. The van der Waals surface area contributed by atoms with Crippen molar-refractivity contribution in [3.05, 3.63) is 53.6 Å². The molecule has 0 aromatic heterocycles. The van der Waals surface area contributed by atoms with E-state index in [1.54, 1.807) is 0 Å². The number of carbonyl (C=O) groups excluding carboxylic acids is 2. The summed E-state index contributed by atoms with van der Waals surface area (Å²) in [6.45, 7) is 3.40. The molecule has 2 aliphatic heterocycles. The van der Waals surface area contributed by atoms with Gasteiger partial charge in [0, 0.05) is 32.1 Å². The number of amides is 1. The largest absolute Gasteiger partial charge is 0.486 e. The smallest absolute Gasteiger partial charge is 0.242 e. The van der Waals surface area contributed by atoms with E-state index in [1.807, 2.05) is 23.1 Å². The van der Waals surface area contributed by atoms with E-state index < -0.39 is 10.0 Å². The van der Waals surface area contributed by atoms with Crippen molar-refractivity contribution in [1.82, 2.24) is 9.21 Å². The van der Waals surface area contributed by atoms with E-state index >= 15 is 0 Å². The third-order valence-corrected chi connectivity index (χ3v) is 8.23. The quantitative estimate of drug-likeness (QED) is 0.531. The lowest BCUT2D eigenvalue weighted by atomic mass is 10.0. The Kier molecular flexibility index (Phi) is 7.23. The van der Waals surface area contributed by atoms with Crippen LogP contribution in [0.3, 0.4) is 0 Å². The first-order chi connectivity index (χ1) is 16.3. The molecule has 0 N–H and O–H groups in total. The molecular formula is C25H30N2O6S. The number of hydrogen-bond donors (Lipinski definition) is 0. The van der Waals surface area contributed by atoms with Crippen molar-refractivity contribution in [2.75, 3.05) is 33.4 Å². The highest BCUT2D eigenvalue weighted by Gasteiger charge is 2.31. The van der Waals surface area contributed by atoms with E-state index in [-0.39, 0.29) is 35.6 Å². The molecule has 0 saturated carbocycles. The van der Waals surface area contributed by atoms with Gasteiger partial charge in [-0.05, 0) is 56.0 Å². The molecule has 0 aliphatic carbocycles. The second-order valence-corrected chi connectivity index (χ2v) is 10.7. The molecule has 4 rings (SSSR count). The minimum absolute atomic E-state index is 0.00965. The minimum atomic E-state index is -3.69. The number of ether oxygens (including phenoxy) is 2. The number of ketones is 1. The summed E-state index contributed by atoms with van der Waals surface area (Å²) in [5.41, 5.74) is 1.49. The molecule has 8 nitrogen and oxygen atoms in total. The summed E-state index contributed by atoms with van der Waals surface area (Å²) >= 11 is 0. The Morgan fingerprint density at radius 1 is 1.06 bits per heavy atom. The monoisotopic (exact) mass is 486 g/mol. The molecule has 0 spiro atoms. The molecule has 0 radical (unpaired) electrons. The van der Waals surface area contributed by atoms with Crippen LogP contribution in [0.15, 0.2) is 47.4 Å². The zero-order chi connectivity index (χ0) is 24.3. The number of rotatable bonds is 8. The highest BCUT2D eigenvalue weighted by molar-refractivity contribution is 7.89. The number of sulfonamides is 1. The van der Waals surface area contributed by atoms with Gasteiger partial charge in [-0.15, -0.1) is 0 Å². The molecule has 1 fully saturated rings. The summed E-state index contributed by atoms with van der Waals surface area (Å²) in [5, 5.41) is 0. The summed E-state index contributed by atoms with van der Waals surface area (Å²) < 4.78 is 38.2. The zero-order valence-electron chi connectivity index (χ0n) is 19.5. The SMILES string of the molecule is CC(=O)c1ccc(S(=O)(=O)N(C)CCCC(=O)N2CCCC2c2ccc3c(c2)OCCO3)cc1. The van der Waals surface area contributed by atoms with E-state index in [0.29, 0.717) is 37.5 Å². The number of hydrogen-bond acceptors (Lipinski definition) is 6. The number of fused-ring (bicyclic) bond motifs is 1. The zero-order valence-corrected chi connectivity index (χ0v) is 20.3. The Morgan fingerprint density at radius 3 is 2.47 bits per heavy atom. The molecule has 0 bridgehead atoms. The van der Waals surface area contributed by atoms with Crippen LogP contribution in [0, 0.1) is 0 Å². The van der Waals surface area contributed by atoms with Crippen molar-refractivity contribution < 1.29 is 27.5 Å². The van der Waals surface area contributed by atoms with Crippen LogP contribution in [-0.4, -0.2) is 62.7 Å². The standard InChI is InChI=1S/C25H30N2O6S/c1-18(28)19-7-10-21(11-8-19)34(30,31)26(2)13-4-6-25(29)27-14-3-5-22(27)20-9-12-23-24(17-20)33-16-15-32-23/h7-12,17,22H,3-6,13-16H2,1-2H3. The number of carbonyl (C=O) groups is 2. The van der Waals surface area contributed by atoms with Crippen LogP contribution in [0.1, 0.15) is 54.6 Å². The normalized spacial score (nSPS) is 17.7. The van der Waals surface area contributed by atoms with Crippen LogP contribution in [0.4, 0.5) is 0 Å². The number of nitrogens with zero attached hydrogens (tertiary/aromatic N) is 2. The molecule has 2 aromatic rings. The molecule has 182 valence electrons. The lowest BCUT2D eigenvalue weighted by molar-refractivity contribution is -0.132. The lowest BCUT2D eigenvalue weighted by Crippen LogP contribution is -2.32. The lowest BCUT2D eigenvalue weighted by Gasteiger charge is -2.27. The van der Waals surface area contributed by atoms with Crippen LogP contribution in [0.2, 0.25) is 0 Å². The summed E-state index contributed by atoms with van der Waals surface area (Å²) in [7, 11) is -2.18. The molecule has 2 aromatic carbocycles. The molecule has 1 amide bonds. The molecule has 34 heavy (non-hydrogen) atoms. The van der Waals surface area contributed by atoms with Gasteiger partial charge in [0.1, 0.15) is 13.2 Å².